The van der Waals surface area contributed by atoms with Gasteiger partial charge in [0.2, 0.25) is 5.91 Å². The number of anilines is 1. The molecule has 0 heterocycles. The highest BCUT2D eigenvalue weighted by atomic mass is 79.9. The number of hydrogen-bond acceptors (Lipinski definition) is 2. The maximum atomic E-state index is 13.2. The van der Waals surface area contributed by atoms with E-state index in [0.29, 0.717) is 16.6 Å². The predicted molar refractivity (Wildman–Crippen MR) is 66.7 cm³/mol. The van der Waals surface area contributed by atoms with E-state index in [2.05, 4.69) is 21.2 Å². The second-order valence-corrected chi connectivity index (χ2v) is 4.73. The van der Waals surface area contributed by atoms with Crippen molar-refractivity contribution < 1.29 is 9.18 Å². The van der Waals surface area contributed by atoms with E-state index in [1.807, 2.05) is 6.07 Å². The van der Waals surface area contributed by atoms with Crippen molar-refractivity contribution in [2.45, 2.75) is 20.3 Å². The molecule has 1 aromatic carbocycles. The van der Waals surface area contributed by atoms with E-state index in [-0.39, 0.29) is 0 Å². The average molecular weight is 299 g/mol. The van der Waals surface area contributed by atoms with Crippen LogP contribution in [0.15, 0.2) is 22.7 Å². The Morgan fingerprint density at radius 2 is 2.29 bits per heavy atom. The smallest absolute Gasteiger partial charge is 0.244 e. The lowest BCUT2D eigenvalue weighted by Crippen LogP contribution is -2.31. The SMILES string of the molecule is CCC(C)(C#N)C(=O)Nc1ccc(Br)c(F)c1. The zero-order valence-corrected chi connectivity index (χ0v) is 11.1. The summed E-state index contributed by atoms with van der Waals surface area (Å²) in [5.41, 5.74) is -0.755. The van der Waals surface area contributed by atoms with Gasteiger partial charge in [0.1, 0.15) is 11.2 Å². The number of rotatable bonds is 3. The molecule has 1 rings (SSSR count). The van der Waals surface area contributed by atoms with Gasteiger partial charge in [-0.2, -0.15) is 5.26 Å². The molecule has 1 amide bonds. The first-order valence-electron chi connectivity index (χ1n) is 5.10. The number of nitrogens with zero attached hydrogens (tertiary/aromatic N) is 1. The van der Waals surface area contributed by atoms with Crippen molar-refractivity contribution in [3.63, 3.8) is 0 Å². The molecule has 3 nitrogen and oxygen atoms in total. The molecular weight excluding hydrogens is 287 g/mol. The van der Waals surface area contributed by atoms with Crippen molar-refractivity contribution in [1.29, 1.82) is 5.26 Å². The summed E-state index contributed by atoms with van der Waals surface area (Å²) < 4.78 is 13.6. The Morgan fingerprint density at radius 1 is 1.65 bits per heavy atom. The van der Waals surface area contributed by atoms with Gasteiger partial charge in [-0.25, -0.2) is 4.39 Å². The van der Waals surface area contributed by atoms with Crippen LogP contribution in [0.25, 0.3) is 0 Å². The third-order valence-corrected chi connectivity index (χ3v) is 3.28. The number of nitriles is 1. The molecule has 0 spiro atoms. The van der Waals surface area contributed by atoms with Crippen LogP contribution in [0.3, 0.4) is 0 Å². The molecule has 0 radical (unpaired) electrons. The first-order chi connectivity index (χ1) is 7.92. The predicted octanol–water partition coefficient (Wildman–Crippen LogP) is 3.47. The molecular formula is C12H12BrFN2O. The lowest BCUT2D eigenvalue weighted by molar-refractivity contribution is -0.122. The third-order valence-electron chi connectivity index (χ3n) is 2.63. The second kappa shape index (κ2) is 5.28. The quantitative estimate of drug-likeness (QED) is 0.929. The minimum Gasteiger partial charge on any atom is -0.325 e. The van der Waals surface area contributed by atoms with Crippen LogP contribution in [0.2, 0.25) is 0 Å². The summed E-state index contributed by atoms with van der Waals surface area (Å²) >= 11 is 3.02. The largest absolute Gasteiger partial charge is 0.325 e. The van der Waals surface area contributed by atoms with Crippen molar-refractivity contribution in [3.8, 4) is 6.07 Å². The Kier molecular flexibility index (Phi) is 4.24. The van der Waals surface area contributed by atoms with Gasteiger partial charge in [0, 0.05) is 5.69 Å². The van der Waals surface area contributed by atoms with Crippen LogP contribution in [0.1, 0.15) is 20.3 Å². The fourth-order valence-electron chi connectivity index (χ4n) is 1.13. The second-order valence-electron chi connectivity index (χ2n) is 3.88. The number of carbonyl (C=O) groups is 1. The van der Waals surface area contributed by atoms with Gasteiger partial charge in [0.15, 0.2) is 0 Å². The van der Waals surface area contributed by atoms with Crippen molar-refractivity contribution >= 4 is 27.5 Å². The minimum atomic E-state index is -1.09. The van der Waals surface area contributed by atoms with Gasteiger partial charge in [-0.3, -0.25) is 4.79 Å². The highest BCUT2D eigenvalue weighted by Gasteiger charge is 2.31. The fourth-order valence-corrected chi connectivity index (χ4v) is 1.38. The van der Waals surface area contributed by atoms with Crippen LogP contribution in [-0.2, 0) is 4.79 Å². The van der Waals surface area contributed by atoms with E-state index in [1.165, 1.54) is 12.1 Å². The van der Waals surface area contributed by atoms with Gasteiger partial charge >= 0.3 is 0 Å². The highest BCUT2D eigenvalue weighted by Crippen LogP contribution is 2.24. The van der Waals surface area contributed by atoms with Crippen molar-refractivity contribution in [3.05, 3.63) is 28.5 Å². The minimum absolute atomic E-state index is 0.328. The Labute approximate surface area is 108 Å². The molecule has 0 aliphatic carbocycles. The lowest BCUT2D eigenvalue weighted by atomic mass is 9.88. The van der Waals surface area contributed by atoms with Crippen LogP contribution < -0.4 is 5.32 Å². The molecule has 0 saturated carbocycles. The van der Waals surface area contributed by atoms with E-state index >= 15 is 0 Å². The molecule has 0 aromatic heterocycles. The van der Waals surface area contributed by atoms with Crippen LogP contribution >= 0.6 is 15.9 Å². The summed E-state index contributed by atoms with van der Waals surface area (Å²) in [6, 6.07) is 6.23. The number of hydrogen-bond donors (Lipinski definition) is 1. The summed E-state index contributed by atoms with van der Waals surface area (Å²) in [6.45, 7) is 3.31. The normalized spacial score (nSPS) is 13.6. The van der Waals surface area contributed by atoms with E-state index in [4.69, 9.17) is 5.26 Å². The van der Waals surface area contributed by atoms with Gasteiger partial charge in [-0.15, -0.1) is 0 Å². The number of benzene rings is 1. The zero-order chi connectivity index (χ0) is 13.1. The van der Waals surface area contributed by atoms with E-state index in [0.717, 1.165) is 0 Å². The molecule has 1 atom stereocenters. The van der Waals surface area contributed by atoms with Crippen LogP contribution in [0, 0.1) is 22.6 Å². The molecule has 5 heteroatoms. The monoisotopic (exact) mass is 298 g/mol. The average Bonchev–Trinajstić information content (AvgIpc) is 2.32. The standard InChI is InChI=1S/C12H12BrFN2O/c1-3-12(2,7-15)11(17)16-8-4-5-9(13)10(14)6-8/h4-6H,3H2,1-2H3,(H,16,17). The van der Waals surface area contributed by atoms with E-state index in [9.17, 15) is 9.18 Å². The molecule has 17 heavy (non-hydrogen) atoms. The maximum absolute atomic E-state index is 13.2. The Hall–Kier alpha value is -1.41. The van der Waals surface area contributed by atoms with Crippen LogP contribution in [-0.4, -0.2) is 5.91 Å². The number of amides is 1. The topological polar surface area (TPSA) is 52.9 Å². The highest BCUT2D eigenvalue weighted by molar-refractivity contribution is 9.10. The van der Waals surface area contributed by atoms with E-state index < -0.39 is 17.1 Å². The lowest BCUT2D eigenvalue weighted by Gasteiger charge is -2.18. The van der Waals surface area contributed by atoms with Crippen LogP contribution in [0.5, 0.6) is 0 Å². The molecule has 1 N–H and O–H groups in total. The molecule has 0 bridgehead atoms. The summed E-state index contributed by atoms with van der Waals surface area (Å²) in [4.78, 5) is 11.8. The third kappa shape index (κ3) is 3.04. The molecule has 0 aliphatic rings. The van der Waals surface area contributed by atoms with E-state index in [1.54, 1.807) is 19.9 Å². The van der Waals surface area contributed by atoms with Crippen molar-refractivity contribution in [2.75, 3.05) is 5.32 Å². The molecule has 1 aromatic rings. The molecule has 90 valence electrons. The fraction of sp³-hybridized carbons (Fsp3) is 0.333. The van der Waals surface area contributed by atoms with Gasteiger partial charge in [0.05, 0.1) is 10.5 Å². The summed E-state index contributed by atoms with van der Waals surface area (Å²) in [6.07, 6.45) is 0.397. The Balaban J connectivity index is 2.89. The molecule has 1 unspecified atom stereocenters. The Morgan fingerprint density at radius 3 is 2.76 bits per heavy atom. The van der Waals surface area contributed by atoms with Gasteiger partial charge in [0.25, 0.3) is 0 Å². The number of nitrogens with one attached hydrogen (secondary N) is 1. The first kappa shape index (κ1) is 13.7. The van der Waals surface area contributed by atoms with Crippen LogP contribution in [0.4, 0.5) is 10.1 Å². The molecule has 0 fully saturated rings. The first-order valence-corrected chi connectivity index (χ1v) is 5.90. The summed E-state index contributed by atoms with van der Waals surface area (Å²) in [5, 5.41) is 11.5. The van der Waals surface area contributed by atoms with Gasteiger partial charge < -0.3 is 5.32 Å². The summed E-state index contributed by atoms with van der Waals surface area (Å²) in [5.74, 6) is -0.887. The molecule has 0 aliphatic heterocycles. The summed E-state index contributed by atoms with van der Waals surface area (Å²) in [7, 11) is 0. The van der Waals surface area contributed by atoms with Crippen molar-refractivity contribution in [2.24, 2.45) is 5.41 Å². The zero-order valence-electron chi connectivity index (χ0n) is 9.55. The number of carbonyl (C=O) groups excluding carboxylic acids is 1. The number of halogens is 2. The Bertz CT molecular complexity index is 484. The maximum Gasteiger partial charge on any atom is 0.244 e. The van der Waals surface area contributed by atoms with Gasteiger partial charge in [-0.1, -0.05) is 6.92 Å². The van der Waals surface area contributed by atoms with Crippen molar-refractivity contribution in [1.82, 2.24) is 0 Å². The van der Waals surface area contributed by atoms with Gasteiger partial charge in [-0.05, 0) is 47.5 Å². The molecule has 0 saturated heterocycles.